The van der Waals surface area contributed by atoms with E-state index in [2.05, 4.69) is 56.2 Å². The third-order valence-corrected chi connectivity index (χ3v) is 5.50. The second-order valence-electron chi connectivity index (χ2n) is 7.07. The lowest BCUT2D eigenvalue weighted by atomic mass is 10.2. The predicted molar refractivity (Wildman–Crippen MR) is 122 cm³/mol. The summed E-state index contributed by atoms with van der Waals surface area (Å²) < 4.78 is 0. The minimum absolute atomic E-state index is 0.299. The number of aromatic nitrogens is 4. The molecule has 3 aromatic rings. The van der Waals surface area contributed by atoms with E-state index in [4.69, 9.17) is 23.2 Å². The molecule has 0 aliphatic carbocycles. The Kier molecular flexibility index (Phi) is 7.16. The van der Waals surface area contributed by atoms with E-state index in [1.54, 1.807) is 12.1 Å². The van der Waals surface area contributed by atoms with Crippen LogP contribution in [0.15, 0.2) is 18.2 Å². The fourth-order valence-corrected chi connectivity index (χ4v) is 3.43. The van der Waals surface area contributed by atoms with E-state index in [1.807, 2.05) is 13.0 Å². The Morgan fingerprint density at radius 3 is 2.52 bits per heavy atom. The molecule has 0 saturated carbocycles. The standard InChI is InChI=1S/C20H27Cl2N7/c1-5-29(6-2)8-7-12(3)23-18-9-13(4)24-19(27-18)28-20-25-16-10-14(21)15(22)11-17(16)26-20/h9-12H,5-8H2,1-4H3,(H3,23,24,25,26,27,28). The molecule has 1 unspecified atom stereocenters. The molecule has 3 N–H and O–H groups in total. The number of aromatic amines is 1. The van der Waals surface area contributed by atoms with Gasteiger partial charge in [-0.25, -0.2) is 9.97 Å². The molecule has 7 nitrogen and oxygen atoms in total. The van der Waals surface area contributed by atoms with Crippen LogP contribution in [-0.4, -0.2) is 50.5 Å². The number of benzene rings is 1. The molecule has 29 heavy (non-hydrogen) atoms. The Labute approximate surface area is 181 Å². The van der Waals surface area contributed by atoms with Crippen LogP contribution in [0.5, 0.6) is 0 Å². The molecule has 3 rings (SSSR count). The normalized spacial score (nSPS) is 12.5. The van der Waals surface area contributed by atoms with Crippen LogP contribution in [0.3, 0.4) is 0 Å². The van der Waals surface area contributed by atoms with Gasteiger partial charge in [0.15, 0.2) is 0 Å². The zero-order valence-corrected chi connectivity index (χ0v) is 18.7. The van der Waals surface area contributed by atoms with Crippen LogP contribution < -0.4 is 10.6 Å². The number of hydrogen-bond donors (Lipinski definition) is 3. The van der Waals surface area contributed by atoms with Crippen molar-refractivity contribution < 1.29 is 0 Å². The van der Waals surface area contributed by atoms with Crippen LogP contribution in [0.4, 0.5) is 17.7 Å². The van der Waals surface area contributed by atoms with Gasteiger partial charge in [0.05, 0.1) is 21.1 Å². The Morgan fingerprint density at radius 1 is 1.07 bits per heavy atom. The van der Waals surface area contributed by atoms with Crippen LogP contribution in [-0.2, 0) is 0 Å². The average Bonchev–Trinajstić information content (AvgIpc) is 3.03. The van der Waals surface area contributed by atoms with Crippen LogP contribution in [0, 0.1) is 6.92 Å². The number of rotatable bonds is 9. The maximum Gasteiger partial charge on any atom is 0.231 e. The summed E-state index contributed by atoms with van der Waals surface area (Å²) in [4.78, 5) is 19.1. The molecule has 156 valence electrons. The molecule has 0 amide bonds. The van der Waals surface area contributed by atoms with E-state index >= 15 is 0 Å². The van der Waals surface area contributed by atoms with Gasteiger partial charge < -0.3 is 15.2 Å². The van der Waals surface area contributed by atoms with Crippen molar-refractivity contribution in [1.29, 1.82) is 0 Å². The lowest BCUT2D eigenvalue weighted by molar-refractivity contribution is 0.295. The van der Waals surface area contributed by atoms with Crippen molar-refractivity contribution in [3.05, 3.63) is 33.9 Å². The fraction of sp³-hybridized carbons (Fsp3) is 0.450. The van der Waals surface area contributed by atoms with Gasteiger partial charge >= 0.3 is 0 Å². The quantitative estimate of drug-likeness (QED) is 0.425. The first kappa shape index (κ1) is 21.6. The van der Waals surface area contributed by atoms with E-state index in [1.165, 1.54) is 0 Å². The lowest BCUT2D eigenvalue weighted by Gasteiger charge is -2.21. The minimum Gasteiger partial charge on any atom is -0.367 e. The molecule has 1 aromatic carbocycles. The summed E-state index contributed by atoms with van der Waals surface area (Å²) in [6, 6.07) is 5.71. The minimum atomic E-state index is 0.299. The highest BCUT2D eigenvalue weighted by molar-refractivity contribution is 6.42. The Morgan fingerprint density at radius 2 is 1.79 bits per heavy atom. The number of nitrogens with zero attached hydrogens (tertiary/aromatic N) is 4. The first-order valence-electron chi connectivity index (χ1n) is 9.84. The van der Waals surface area contributed by atoms with Gasteiger partial charge in [0, 0.05) is 24.3 Å². The molecule has 0 saturated heterocycles. The van der Waals surface area contributed by atoms with Crippen molar-refractivity contribution in [3.8, 4) is 0 Å². The van der Waals surface area contributed by atoms with Crippen molar-refractivity contribution in [1.82, 2.24) is 24.8 Å². The summed E-state index contributed by atoms with van der Waals surface area (Å²) in [5.74, 6) is 1.79. The highest BCUT2D eigenvalue weighted by atomic mass is 35.5. The van der Waals surface area contributed by atoms with E-state index in [0.717, 1.165) is 48.6 Å². The maximum absolute atomic E-state index is 6.07. The monoisotopic (exact) mass is 435 g/mol. The highest BCUT2D eigenvalue weighted by Gasteiger charge is 2.11. The van der Waals surface area contributed by atoms with Gasteiger partial charge in [0.1, 0.15) is 5.82 Å². The third-order valence-electron chi connectivity index (χ3n) is 4.78. The van der Waals surface area contributed by atoms with Crippen molar-refractivity contribution in [2.75, 3.05) is 30.3 Å². The molecule has 0 spiro atoms. The lowest BCUT2D eigenvalue weighted by Crippen LogP contribution is -2.28. The highest BCUT2D eigenvalue weighted by Crippen LogP contribution is 2.28. The number of anilines is 3. The van der Waals surface area contributed by atoms with Crippen LogP contribution in [0.2, 0.25) is 10.0 Å². The second kappa shape index (κ2) is 9.61. The molecule has 1 atom stereocenters. The van der Waals surface area contributed by atoms with E-state index < -0.39 is 0 Å². The summed E-state index contributed by atoms with van der Waals surface area (Å²) in [6.45, 7) is 11.7. The van der Waals surface area contributed by atoms with Gasteiger partial charge in [-0.15, -0.1) is 0 Å². The molecule has 0 aliphatic rings. The van der Waals surface area contributed by atoms with Crippen molar-refractivity contribution in [3.63, 3.8) is 0 Å². The summed E-state index contributed by atoms with van der Waals surface area (Å²) in [6.07, 6.45) is 1.04. The fourth-order valence-electron chi connectivity index (χ4n) is 3.11. The zero-order chi connectivity index (χ0) is 21.0. The van der Waals surface area contributed by atoms with Gasteiger partial charge in [-0.2, -0.15) is 4.98 Å². The molecule has 0 fully saturated rings. The first-order valence-corrected chi connectivity index (χ1v) is 10.6. The second-order valence-corrected chi connectivity index (χ2v) is 7.89. The van der Waals surface area contributed by atoms with Crippen molar-refractivity contribution >= 4 is 51.9 Å². The Balaban J connectivity index is 1.70. The predicted octanol–water partition coefficient (Wildman–Crippen LogP) is 5.24. The maximum atomic E-state index is 6.07. The zero-order valence-electron chi connectivity index (χ0n) is 17.2. The smallest absolute Gasteiger partial charge is 0.231 e. The molecule has 2 heterocycles. The number of hydrogen-bond acceptors (Lipinski definition) is 6. The SMILES string of the molecule is CCN(CC)CCC(C)Nc1cc(C)nc(Nc2nc3cc(Cl)c(Cl)cc3[nH]2)n1. The van der Waals surface area contributed by atoms with E-state index in [9.17, 15) is 0 Å². The number of nitrogens with one attached hydrogen (secondary N) is 3. The molecular weight excluding hydrogens is 409 g/mol. The van der Waals surface area contributed by atoms with E-state index in [0.29, 0.717) is 28.0 Å². The first-order chi connectivity index (χ1) is 13.9. The number of imidazole rings is 1. The van der Waals surface area contributed by atoms with Gasteiger partial charge in [-0.1, -0.05) is 37.0 Å². The van der Waals surface area contributed by atoms with Crippen LogP contribution in [0.1, 0.15) is 32.9 Å². The van der Waals surface area contributed by atoms with Gasteiger partial charge in [0.2, 0.25) is 11.9 Å². The van der Waals surface area contributed by atoms with Crippen LogP contribution in [0.25, 0.3) is 11.0 Å². The van der Waals surface area contributed by atoms with Crippen LogP contribution >= 0.6 is 23.2 Å². The number of fused-ring (bicyclic) bond motifs is 1. The summed E-state index contributed by atoms with van der Waals surface area (Å²) in [5, 5.41) is 7.55. The molecule has 2 aromatic heterocycles. The molecule has 0 bridgehead atoms. The number of halogens is 2. The summed E-state index contributed by atoms with van der Waals surface area (Å²) in [5.41, 5.74) is 2.37. The Hall–Kier alpha value is -2.09. The largest absolute Gasteiger partial charge is 0.367 e. The summed E-state index contributed by atoms with van der Waals surface area (Å²) in [7, 11) is 0. The Bertz CT molecular complexity index is 930. The third kappa shape index (κ3) is 5.72. The molecule has 0 radical (unpaired) electrons. The molecule has 0 aliphatic heterocycles. The summed E-state index contributed by atoms with van der Waals surface area (Å²) >= 11 is 12.1. The topological polar surface area (TPSA) is 81.8 Å². The van der Waals surface area contributed by atoms with E-state index in [-0.39, 0.29) is 0 Å². The van der Waals surface area contributed by atoms with Gasteiger partial charge in [0.25, 0.3) is 0 Å². The number of aryl methyl sites for hydroxylation is 1. The van der Waals surface area contributed by atoms with Crippen molar-refractivity contribution in [2.24, 2.45) is 0 Å². The average molecular weight is 436 g/mol. The molecule has 9 heteroatoms. The van der Waals surface area contributed by atoms with Gasteiger partial charge in [-0.3, -0.25) is 5.32 Å². The van der Waals surface area contributed by atoms with Gasteiger partial charge in [-0.05, 0) is 45.5 Å². The number of H-pyrrole nitrogens is 1. The van der Waals surface area contributed by atoms with Crippen molar-refractivity contribution in [2.45, 2.75) is 40.2 Å². The molecular formula is C20H27Cl2N7.